The third-order valence-corrected chi connectivity index (χ3v) is 9.91. The van der Waals surface area contributed by atoms with E-state index in [2.05, 4.69) is 32.1 Å². The fourth-order valence-electron chi connectivity index (χ4n) is 6.16. The summed E-state index contributed by atoms with van der Waals surface area (Å²) in [5, 5.41) is 71.9. The second-order valence-corrected chi connectivity index (χ2v) is 15.4. The maximum absolute atomic E-state index is 12.9. The van der Waals surface area contributed by atoms with E-state index in [0.717, 1.165) is 32.1 Å². The lowest BCUT2D eigenvalue weighted by Gasteiger charge is -2.42. The van der Waals surface area contributed by atoms with Gasteiger partial charge in [0.2, 0.25) is 0 Å². The zero-order valence-corrected chi connectivity index (χ0v) is 38.3. The van der Waals surface area contributed by atoms with Gasteiger partial charge in [-0.2, -0.15) is 0 Å². The molecule has 0 aromatic rings. The fraction of sp³-hybridized carbons (Fsp3) is 0.529. The third-order valence-electron chi connectivity index (χ3n) is 9.91. The number of rotatable bonds is 31. The van der Waals surface area contributed by atoms with E-state index in [9.17, 15) is 45.3 Å². The van der Waals surface area contributed by atoms with Crippen molar-refractivity contribution in [2.75, 3.05) is 26.4 Å². The van der Waals surface area contributed by atoms with Gasteiger partial charge >= 0.3 is 11.9 Å². The lowest BCUT2D eigenvalue weighted by atomic mass is 9.98. The van der Waals surface area contributed by atoms with Gasteiger partial charge in [0.05, 0.1) is 19.8 Å². The van der Waals surface area contributed by atoms with Crippen LogP contribution in [0.3, 0.4) is 0 Å². The van der Waals surface area contributed by atoms with E-state index in [1.54, 1.807) is 0 Å². The van der Waals surface area contributed by atoms with Gasteiger partial charge in [-0.3, -0.25) is 9.59 Å². The van der Waals surface area contributed by atoms with Crippen molar-refractivity contribution < 1.29 is 73.8 Å². The lowest BCUT2D eigenvalue weighted by molar-refractivity contribution is -0.332. The second-order valence-electron chi connectivity index (χ2n) is 15.4. The summed E-state index contributed by atoms with van der Waals surface area (Å²) in [5.74, 6) is -1.08. The van der Waals surface area contributed by atoms with Crippen LogP contribution in [0.25, 0.3) is 0 Å². The molecule has 0 saturated carbocycles. The quantitative estimate of drug-likeness (QED) is 0.0271. The number of ether oxygens (including phenoxy) is 6. The molecule has 11 atom stereocenters. The van der Waals surface area contributed by atoms with Gasteiger partial charge in [0, 0.05) is 12.8 Å². The summed E-state index contributed by atoms with van der Waals surface area (Å²) in [6.07, 6.45) is 32.2. The van der Waals surface area contributed by atoms with Crippen LogP contribution in [-0.2, 0) is 38.0 Å². The summed E-state index contributed by atoms with van der Waals surface area (Å²) in [7, 11) is 0. The molecular formula is C51H74O15. The number of aliphatic hydroxyl groups excluding tert-OH is 7. The fourth-order valence-corrected chi connectivity index (χ4v) is 6.16. The van der Waals surface area contributed by atoms with Crippen LogP contribution < -0.4 is 0 Å². The molecule has 2 aliphatic rings. The Kier molecular flexibility index (Phi) is 32.1. The van der Waals surface area contributed by atoms with Crippen molar-refractivity contribution in [3.05, 3.63) is 134 Å². The average Bonchev–Trinajstić information content (AvgIpc) is 3.31. The van der Waals surface area contributed by atoms with Crippen molar-refractivity contribution in [3.63, 3.8) is 0 Å². The Hall–Kier alpha value is -4.36. The van der Waals surface area contributed by atoms with E-state index in [-0.39, 0.29) is 19.4 Å². The number of carbonyl (C=O) groups excluding carboxylic acids is 2. The summed E-state index contributed by atoms with van der Waals surface area (Å²) >= 11 is 0. The van der Waals surface area contributed by atoms with E-state index in [0.29, 0.717) is 19.3 Å². The van der Waals surface area contributed by atoms with E-state index < -0.39 is 99.3 Å². The molecule has 15 heteroatoms. The average molecular weight is 927 g/mol. The molecule has 66 heavy (non-hydrogen) atoms. The number of unbranched alkanes of at least 4 members (excludes halogenated alkanes) is 4. The summed E-state index contributed by atoms with van der Waals surface area (Å²) < 4.78 is 33.3. The Morgan fingerprint density at radius 2 is 0.924 bits per heavy atom. The van der Waals surface area contributed by atoms with Gasteiger partial charge in [0.1, 0.15) is 55.4 Å². The van der Waals surface area contributed by atoms with Crippen LogP contribution in [0.1, 0.15) is 78.1 Å². The smallest absolute Gasteiger partial charge is 0.306 e. The highest BCUT2D eigenvalue weighted by Crippen LogP contribution is 2.26. The molecule has 2 fully saturated rings. The molecule has 2 aliphatic heterocycles. The van der Waals surface area contributed by atoms with E-state index in [1.165, 1.54) is 0 Å². The van der Waals surface area contributed by atoms with Gasteiger partial charge in [-0.15, -0.1) is 0 Å². The largest absolute Gasteiger partial charge is 0.462 e. The highest BCUT2D eigenvalue weighted by atomic mass is 16.7. The zero-order chi connectivity index (χ0) is 48.2. The highest BCUT2D eigenvalue weighted by molar-refractivity contribution is 5.70. The van der Waals surface area contributed by atoms with Gasteiger partial charge in [-0.25, -0.2) is 0 Å². The van der Waals surface area contributed by atoms with Crippen LogP contribution in [0.4, 0.5) is 0 Å². The van der Waals surface area contributed by atoms with Crippen LogP contribution in [0, 0.1) is 0 Å². The number of aliphatic hydroxyl groups is 7. The predicted molar refractivity (Wildman–Crippen MR) is 251 cm³/mol. The minimum atomic E-state index is -1.79. The Bertz CT molecular complexity index is 1650. The number of esters is 2. The summed E-state index contributed by atoms with van der Waals surface area (Å²) in [4.78, 5) is 25.6. The molecule has 2 heterocycles. The molecule has 0 aromatic heterocycles. The van der Waals surface area contributed by atoms with Crippen LogP contribution in [-0.4, -0.2) is 142 Å². The maximum Gasteiger partial charge on any atom is 0.306 e. The molecule has 0 aromatic carbocycles. The van der Waals surface area contributed by atoms with Gasteiger partial charge in [0.25, 0.3) is 0 Å². The van der Waals surface area contributed by atoms with Crippen LogP contribution in [0.15, 0.2) is 134 Å². The first-order valence-electron chi connectivity index (χ1n) is 22.9. The minimum absolute atomic E-state index is 0.0484. The molecular weight excluding hydrogens is 853 g/mol. The van der Waals surface area contributed by atoms with Crippen molar-refractivity contribution in [2.45, 2.75) is 146 Å². The SMILES string of the molecule is CC/C=C/C=C/C=C/C=C/C=C/C=C/CCCCCC(=O)OCC(CO[C@@H]1O[C@H](CO[C@@H]2O[C@H](CO)[C@H](O)C(O)C2O)[C@H](O)C(O)C1O)OC(=O)CCC/C=C/C=C/C=C/C=C/C=C/CC. The van der Waals surface area contributed by atoms with E-state index >= 15 is 0 Å². The summed E-state index contributed by atoms with van der Waals surface area (Å²) in [6.45, 7) is 2.11. The molecule has 0 radical (unpaired) electrons. The van der Waals surface area contributed by atoms with Gasteiger partial charge in [0.15, 0.2) is 18.7 Å². The first-order chi connectivity index (χ1) is 32.0. The number of hydrogen-bond acceptors (Lipinski definition) is 15. The molecule has 0 aliphatic carbocycles. The first kappa shape index (κ1) is 57.8. The van der Waals surface area contributed by atoms with Gasteiger partial charge in [-0.05, 0) is 44.9 Å². The van der Waals surface area contributed by atoms with Crippen molar-refractivity contribution in [2.24, 2.45) is 0 Å². The first-order valence-corrected chi connectivity index (χ1v) is 22.9. The molecule has 2 saturated heterocycles. The molecule has 0 bridgehead atoms. The monoisotopic (exact) mass is 927 g/mol. The number of hydrogen-bond donors (Lipinski definition) is 7. The topological polar surface area (TPSA) is 231 Å². The van der Waals surface area contributed by atoms with Gasteiger partial charge < -0.3 is 64.2 Å². The molecule has 0 amide bonds. The Labute approximate surface area is 390 Å². The van der Waals surface area contributed by atoms with Gasteiger partial charge in [-0.1, -0.05) is 154 Å². The zero-order valence-electron chi connectivity index (χ0n) is 38.3. The molecule has 368 valence electrons. The minimum Gasteiger partial charge on any atom is -0.462 e. The number of carbonyl (C=O) groups is 2. The van der Waals surface area contributed by atoms with Crippen molar-refractivity contribution in [1.82, 2.24) is 0 Å². The molecule has 5 unspecified atom stereocenters. The summed E-state index contributed by atoms with van der Waals surface area (Å²) in [6, 6.07) is 0. The lowest BCUT2D eigenvalue weighted by Crippen LogP contribution is -2.61. The van der Waals surface area contributed by atoms with Crippen molar-refractivity contribution in [1.29, 1.82) is 0 Å². The maximum atomic E-state index is 12.9. The Morgan fingerprint density at radius 1 is 0.485 bits per heavy atom. The van der Waals surface area contributed by atoms with E-state index in [1.807, 2.05) is 115 Å². The molecule has 15 nitrogen and oxygen atoms in total. The predicted octanol–water partition coefficient (Wildman–Crippen LogP) is 5.14. The molecule has 2 rings (SSSR count). The van der Waals surface area contributed by atoms with Crippen LogP contribution >= 0.6 is 0 Å². The second kappa shape index (κ2) is 36.7. The van der Waals surface area contributed by atoms with Crippen molar-refractivity contribution in [3.8, 4) is 0 Å². The standard InChI is InChI=1S/C51H74O15/c1-3-5-7-9-11-13-15-17-18-19-20-22-23-25-27-29-31-33-42(53)61-36-39(64-43(54)34-32-30-28-26-24-21-16-14-12-10-8-6-4-2)37-62-50-49(60)47(58)45(56)41(66-50)38-63-51-48(59)46(57)44(55)40(35-52)65-51/h5-24,26,28,39-41,44-52,55-60H,3-4,25,27,29-38H2,1-2H3/b7-5+,8-6+,11-9+,12-10+,15-13+,16-14+,18-17+,20-19+,23-22+,24-21+,28-26+/t39?,40-,41-,44+,45+,46?,47?,48?,49?,50-,51-/m1/s1. The third kappa shape index (κ3) is 25.0. The Balaban J connectivity index is 1.91. The summed E-state index contributed by atoms with van der Waals surface area (Å²) in [5.41, 5.74) is 0. The van der Waals surface area contributed by atoms with E-state index in [4.69, 9.17) is 28.4 Å². The highest BCUT2D eigenvalue weighted by Gasteiger charge is 2.47. The number of allylic oxidation sites excluding steroid dienone is 22. The molecule has 0 spiro atoms. The normalized spacial score (nSPS) is 27.4. The Morgan fingerprint density at radius 3 is 1.44 bits per heavy atom. The van der Waals surface area contributed by atoms with Crippen LogP contribution in [0.5, 0.6) is 0 Å². The van der Waals surface area contributed by atoms with Crippen molar-refractivity contribution >= 4 is 11.9 Å². The van der Waals surface area contributed by atoms with Crippen LogP contribution in [0.2, 0.25) is 0 Å². The molecule has 7 N–H and O–H groups in total.